The largest absolute Gasteiger partial charge is 0.491 e. The Morgan fingerprint density at radius 2 is 2.00 bits per heavy atom. The number of aryl methyl sites for hydroxylation is 1. The van der Waals surface area contributed by atoms with Crippen LogP contribution in [0, 0.1) is 6.92 Å². The molecule has 0 aromatic heterocycles. The average Bonchev–Trinajstić information content (AvgIpc) is 2.69. The summed E-state index contributed by atoms with van der Waals surface area (Å²) in [4.78, 5) is 0.116. The van der Waals surface area contributed by atoms with Crippen LogP contribution in [0.2, 0.25) is 0 Å². The smallest absolute Gasteiger partial charge is 0.240 e. The van der Waals surface area contributed by atoms with Gasteiger partial charge in [-0.15, -0.1) is 0 Å². The first-order chi connectivity index (χ1) is 10.1. The lowest BCUT2D eigenvalue weighted by Gasteiger charge is -2.15. The monoisotopic (exact) mass is 347 g/mol. The summed E-state index contributed by atoms with van der Waals surface area (Å²) in [6, 6.07) is 4.07. The molecule has 1 aromatic rings. The third-order valence-corrected chi connectivity index (χ3v) is 6.66. The molecule has 0 bridgehead atoms. The quantitative estimate of drug-likeness (QED) is 0.866. The molecule has 1 unspecified atom stereocenters. The molecule has 22 heavy (non-hydrogen) atoms. The predicted octanol–water partition coefficient (Wildman–Crippen LogP) is 1.25. The Hall–Kier alpha value is -1.12. The van der Waals surface area contributed by atoms with Crippen molar-refractivity contribution in [1.29, 1.82) is 0 Å². The highest BCUT2D eigenvalue weighted by Crippen LogP contribution is 2.23. The first-order valence-corrected chi connectivity index (χ1v) is 10.4. The molecule has 0 radical (unpaired) electrons. The number of sulfonamides is 1. The highest BCUT2D eigenvalue weighted by molar-refractivity contribution is 7.92. The number of ether oxygens (including phenoxy) is 1. The van der Waals surface area contributed by atoms with Crippen molar-refractivity contribution >= 4 is 19.9 Å². The molecule has 1 atom stereocenters. The van der Waals surface area contributed by atoms with Crippen molar-refractivity contribution in [2.45, 2.75) is 44.2 Å². The molecule has 0 spiro atoms. The summed E-state index contributed by atoms with van der Waals surface area (Å²) in [7, 11) is -6.86. The summed E-state index contributed by atoms with van der Waals surface area (Å²) in [5.74, 6) is 0.526. The zero-order chi connectivity index (χ0) is 16.5. The van der Waals surface area contributed by atoms with Crippen molar-refractivity contribution < 1.29 is 21.6 Å². The molecule has 1 aliphatic rings. The lowest BCUT2D eigenvalue weighted by atomic mass is 10.2. The standard InChI is InChI=1S/C14H21NO5S2/c1-10(2)20-14-5-4-13(8-11(14)3)22(18,19)15-12-6-7-21(16,17)9-12/h4-5,8,10,12,15H,6-7,9H2,1-3H3. The van der Waals surface area contributed by atoms with Crippen molar-refractivity contribution in [1.82, 2.24) is 4.72 Å². The van der Waals surface area contributed by atoms with Crippen LogP contribution in [0.1, 0.15) is 25.8 Å². The maximum absolute atomic E-state index is 12.3. The number of sulfone groups is 1. The normalized spacial score (nSPS) is 21.2. The van der Waals surface area contributed by atoms with Gasteiger partial charge in [-0.1, -0.05) is 0 Å². The molecule has 0 amide bonds. The van der Waals surface area contributed by atoms with Gasteiger partial charge in [-0.05, 0) is 51.0 Å². The Morgan fingerprint density at radius 3 is 2.50 bits per heavy atom. The van der Waals surface area contributed by atoms with Gasteiger partial charge in [0, 0.05) is 6.04 Å². The first kappa shape index (κ1) is 17.2. The zero-order valence-electron chi connectivity index (χ0n) is 12.9. The van der Waals surface area contributed by atoms with Crippen molar-refractivity contribution in [3.63, 3.8) is 0 Å². The third-order valence-electron chi connectivity index (χ3n) is 3.37. The van der Waals surface area contributed by atoms with Gasteiger partial charge in [0.15, 0.2) is 9.84 Å². The van der Waals surface area contributed by atoms with Crippen LogP contribution in [0.3, 0.4) is 0 Å². The molecule has 1 N–H and O–H groups in total. The molecule has 1 heterocycles. The van der Waals surface area contributed by atoms with E-state index >= 15 is 0 Å². The molecule has 8 heteroatoms. The average molecular weight is 347 g/mol. The van der Waals surface area contributed by atoms with Gasteiger partial charge in [-0.3, -0.25) is 0 Å². The number of nitrogens with one attached hydrogen (secondary N) is 1. The SMILES string of the molecule is Cc1cc(S(=O)(=O)NC2CCS(=O)(=O)C2)ccc1OC(C)C. The van der Waals surface area contributed by atoms with E-state index in [0.717, 1.165) is 5.56 Å². The number of hydrogen-bond donors (Lipinski definition) is 1. The van der Waals surface area contributed by atoms with Gasteiger partial charge in [0.25, 0.3) is 0 Å². The molecular weight excluding hydrogens is 326 g/mol. The minimum Gasteiger partial charge on any atom is -0.491 e. The molecule has 1 aromatic carbocycles. The maximum atomic E-state index is 12.3. The van der Waals surface area contributed by atoms with E-state index in [1.807, 2.05) is 13.8 Å². The molecule has 1 fully saturated rings. The zero-order valence-corrected chi connectivity index (χ0v) is 14.5. The van der Waals surface area contributed by atoms with Gasteiger partial charge in [0.1, 0.15) is 5.75 Å². The van der Waals surface area contributed by atoms with Crippen molar-refractivity contribution in [2.75, 3.05) is 11.5 Å². The Labute approximate surface area is 131 Å². The second kappa shape index (κ2) is 6.17. The highest BCUT2D eigenvalue weighted by Gasteiger charge is 2.31. The summed E-state index contributed by atoms with van der Waals surface area (Å²) in [5, 5.41) is 0. The van der Waals surface area contributed by atoms with E-state index in [1.54, 1.807) is 13.0 Å². The Balaban J connectivity index is 2.18. The van der Waals surface area contributed by atoms with E-state index in [1.165, 1.54) is 12.1 Å². The van der Waals surface area contributed by atoms with Gasteiger partial charge in [-0.2, -0.15) is 0 Å². The summed E-state index contributed by atoms with van der Waals surface area (Å²) < 4.78 is 55.5. The van der Waals surface area contributed by atoms with Gasteiger partial charge in [0.2, 0.25) is 10.0 Å². The Morgan fingerprint density at radius 1 is 1.32 bits per heavy atom. The van der Waals surface area contributed by atoms with E-state index in [2.05, 4.69) is 4.72 Å². The summed E-state index contributed by atoms with van der Waals surface area (Å²) in [5.41, 5.74) is 0.718. The van der Waals surface area contributed by atoms with Crippen molar-refractivity contribution in [3.05, 3.63) is 23.8 Å². The minimum atomic E-state index is -3.73. The third kappa shape index (κ3) is 4.21. The first-order valence-electron chi connectivity index (χ1n) is 7.09. The van der Waals surface area contributed by atoms with E-state index < -0.39 is 25.9 Å². The van der Waals surface area contributed by atoms with Gasteiger partial charge >= 0.3 is 0 Å². The van der Waals surface area contributed by atoms with Gasteiger partial charge in [-0.25, -0.2) is 21.6 Å². The van der Waals surface area contributed by atoms with Gasteiger partial charge in [0.05, 0.1) is 22.5 Å². The molecule has 1 saturated heterocycles. The fraction of sp³-hybridized carbons (Fsp3) is 0.571. The fourth-order valence-electron chi connectivity index (χ4n) is 2.35. The van der Waals surface area contributed by atoms with Crippen LogP contribution >= 0.6 is 0 Å². The molecule has 124 valence electrons. The number of benzene rings is 1. The van der Waals surface area contributed by atoms with Crippen molar-refractivity contribution in [3.8, 4) is 5.75 Å². The van der Waals surface area contributed by atoms with E-state index in [9.17, 15) is 16.8 Å². The summed E-state index contributed by atoms with van der Waals surface area (Å²) in [6.45, 7) is 5.56. The molecule has 0 saturated carbocycles. The Kier molecular flexibility index (Phi) is 4.84. The number of rotatable bonds is 5. The van der Waals surface area contributed by atoms with Crippen LogP contribution in [0.4, 0.5) is 0 Å². The predicted molar refractivity (Wildman–Crippen MR) is 84.3 cm³/mol. The van der Waals surface area contributed by atoms with Crippen LogP contribution in [-0.2, 0) is 19.9 Å². The van der Waals surface area contributed by atoms with E-state index in [4.69, 9.17) is 4.74 Å². The summed E-state index contributed by atoms with van der Waals surface area (Å²) in [6.07, 6.45) is 0.317. The molecule has 2 rings (SSSR count). The summed E-state index contributed by atoms with van der Waals surface area (Å²) >= 11 is 0. The van der Waals surface area contributed by atoms with Crippen molar-refractivity contribution in [2.24, 2.45) is 0 Å². The topological polar surface area (TPSA) is 89.5 Å². The lowest BCUT2D eigenvalue weighted by Crippen LogP contribution is -2.35. The number of hydrogen-bond acceptors (Lipinski definition) is 5. The van der Waals surface area contributed by atoms with Crippen LogP contribution in [0.15, 0.2) is 23.1 Å². The van der Waals surface area contributed by atoms with E-state index in [-0.39, 0.29) is 22.5 Å². The van der Waals surface area contributed by atoms with Crippen LogP contribution in [-0.4, -0.2) is 40.5 Å². The lowest BCUT2D eigenvalue weighted by molar-refractivity contribution is 0.240. The maximum Gasteiger partial charge on any atom is 0.240 e. The van der Waals surface area contributed by atoms with Gasteiger partial charge < -0.3 is 4.74 Å². The minimum absolute atomic E-state index is 0.00276. The van der Waals surface area contributed by atoms with Crippen LogP contribution in [0.5, 0.6) is 5.75 Å². The van der Waals surface area contributed by atoms with E-state index in [0.29, 0.717) is 12.2 Å². The van der Waals surface area contributed by atoms with Crippen LogP contribution < -0.4 is 9.46 Å². The molecule has 0 aliphatic carbocycles. The molecule has 6 nitrogen and oxygen atoms in total. The Bertz CT molecular complexity index is 753. The molecule has 1 aliphatic heterocycles. The molecular formula is C14H21NO5S2. The second-order valence-corrected chi connectivity index (χ2v) is 9.76. The second-order valence-electron chi connectivity index (χ2n) is 5.82. The fourth-order valence-corrected chi connectivity index (χ4v) is 5.48. The van der Waals surface area contributed by atoms with Crippen LogP contribution in [0.25, 0.3) is 0 Å². The highest BCUT2D eigenvalue weighted by atomic mass is 32.2.